The number of ether oxygens (including phenoxy) is 1. The monoisotopic (exact) mass is 449 g/mol. The summed E-state index contributed by atoms with van der Waals surface area (Å²) in [5.74, 6) is -0.845. The summed E-state index contributed by atoms with van der Waals surface area (Å²) < 4.78 is 4.18. The van der Waals surface area contributed by atoms with E-state index in [9.17, 15) is 19.2 Å². The predicted molar refractivity (Wildman–Crippen MR) is 113 cm³/mol. The summed E-state index contributed by atoms with van der Waals surface area (Å²) in [5.41, 5.74) is 4.93. The van der Waals surface area contributed by atoms with E-state index in [0.717, 1.165) is 25.7 Å². The van der Waals surface area contributed by atoms with Crippen molar-refractivity contribution in [3.05, 3.63) is 11.6 Å². The van der Waals surface area contributed by atoms with E-state index < -0.39 is 18.2 Å². The molecule has 0 heterocycles. The Bertz CT molecular complexity index is 530. The lowest BCUT2D eigenvalue weighted by molar-refractivity contribution is -0.132. The lowest BCUT2D eigenvalue weighted by atomic mass is 10.2. The topological polar surface area (TPSA) is 209 Å². The average Bonchev–Trinajstić information content (AvgIpc) is 2.75. The SMILES string of the molecule is CC=C(C)C(=O)O.CCOC(N)=O.O=C=NCCCCCCN=C=O.OCC(O)CO. The number of amides is 1. The molecule has 0 fully saturated rings. The van der Waals surface area contributed by atoms with Crippen molar-refractivity contribution < 1.29 is 44.3 Å². The normalized spacial score (nSPS) is 9.19. The maximum absolute atomic E-state index is 9.86. The number of aliphatic carboxylic acids is 1. The maximum Gasteiger partial charge on any atom is 0.404 e. The molecule has 12 heteroatoms. The number of carboxylic acid groups (broad SMARTS) is 1. The Balaban J connectivity index is -0.000000166. The van der Waals surface area contributed by atoms with Gasteiger partial charge in [0.1, 0.15) is 6.10 Å². The highest BCUT2D eigenvalue weighted by Gasteiger charge is 1.94. The summed E-state index contributed by atoms with van der Waals surface area (Å²) in [6.07, 6.45) is 6.69. The van der Waals surface area contributed by atoms with Gasteiger partial charge in [0.2, 0.25) is 12.2 Å². The molecule has 0 unspecified atom stereocenters. The van der Waals surface area contributed by atoms with Crippen LogP contribution in [0, 0.1) is 0 Å². The number of hydrogen-bond acceptors (Lipinski definition) is 10. The molecule has 0 bridgehead atoms. The van der Waals surface area contributed by atoms with Crippen molar-refractivity contribution in [2.75, 3.05) is 32.9 Å². The summed E-state index contributed by atoms with van der Waals surface area (Å²) in [6, 6.07) is 0. The van der Waals surface area contributed by atoms with E-state index in [1.165, 1.54) is 12.2 Å². The van der Waals surface area contributed by atoms with Gasteiger partial charge >= 0.3 is 12.1 Å². The van der Waals surface area contributed by atoms with E-state index in [2.05, 4.69) is 20.5 Å². The minimum Gasteiger partial charge on any atom is -0.478 e. The van der Waals surface area contributed by atoms with Crippen LogP contribution in [0.25, 0.3) is 0 Å². The van der Waals surface area contributed by atoms with Crippen LogP contribution in [0.3, 0.4) is 0 Å². The van der Waals surface area contributed by atoms with Crippen LogP contribution >= 0.6 is 0 Å². The molecule has 0 atom stereocenters. The second kappa shape index (κ2) is 31.8. The Morgan fingerprint density at radius 2 is 1.45 bits per heavy atom. The number of carbonyl (C=O) groups is 2. The van der Waals surface area contributed by atoms with Gasteiger partial charge in [0.15, 0.2) is 0 Å². The second-order valence-corrected chi connectivity index (χ2v) is 5.41. The second-order valence-electron chi connectivity index (χ2n) is 5.41. The van der Waals surface area contributed by atoms with Crippen LogP contribution in [0.5, 0.6) is 0 Å². The van der Waals surface area contributed by atoms with E-state index >= 15 is 0 Å². The molecular formula is C19H35N3O9. The molecule has 0 spiro atoms. The molecular weight excluding hydrogens is 414 g/mol. The van der Waals surface area contributed by atoms with Crippen molar-refractivity contribution in [1.82, 2.24) is 0 Å². The molecule has 31 heavy (non-hydrogen) atoms. The third kappa shape index (κ3) is 46.8. The van der Waals surface area contributed by atoms with E-state index in [1.54, 1.807) is 26.8 Å². The molecule has 0 radical (unpaired) electrons. The highest BCUT2D eigenvalue weighted by atomic mass is 16.5. The molecule has 6 N–H and O–H groups in total. The number of isocyanates is 2. The van der Waals surface area contributed by atoms with Gasteiger partial charge < -0.3 is 30.9 Å². The van der Waals surface area contributed by atoms with E-state index in [1.807, 2.05) is 0 Å². The fraction of sp³-hybridized carbons (Fsp3) is 0.684. The van der Waals surface area contributed by atoms with Gasteiger partial charge in [0.05, 0.1) is 32.9 Å². The molecule has 1 amide bonds. The van der Waals surface area contributed by atoms with Crippen LogP contribution in [0.15, 0.2) is 21.6 Å². The van der Waals surface area contributed by atoms with E-state index in [0.29, 0.717) is 25.3 Å². The van der Waals surface area contributed by atoms with Gasteiger partial charge in [-0.05, 0) is 33.6 Å². The Hall–Kier alpha value is -2.88. The van der Waals surface area contributed by atoms with Crippen molar-refractivity contribution >= 4 is 24.2 Å². The van der Waals surface area contributed by atoms with Crippen molar-refractivity contribution in [3.63, 3.8) is 0 Å². The fourth-order valence-corrected chi connectivity index (χ4v) is 1.15. The molecule has 0 aliphatic heterocycles. The van der Waals surface area contributed by atoms with Gasteiger partial charge in [-0.2, -0.15) is 0 Å². The van der Waals surface area contributed by atoms with Gasteiger partial charge in [-0.15, -0.1) is 0 Å². The fourth-order valence-electron chi connectivity index (χ4n) is 1.15. The smallest absolute Gasteiger partial charge is 0.404 e. The van der Waals surface area contributed by atoms with Crippen molar-refractivity contribution in [1.29, 1.82) is 0 Å². The lowest BCUT2D eigenvalue weighted by Gasteiger charge is -1.96. The number of aliphatic hydroxyl groups excluding tert-OH is 3. The van der Waals surface area contributed by atoms with E-state index in [4.69, 9.17) is 20.4 Å². The maximum atomic E-state index is 9.86. The van der Waals surface area contributed by atoms with Crippen LogP contribution in [0.4, 0.5) is 4.79 Å². The zero-order chi connectivity index (χ0) is 24.9. The Labute approximate surface area is 182 Å². The summed E-state index contributed by atoms with van der Waals surface area (Å²) in [4.78, 5) is 45.5. The highest BCUT2D eigenvalue weighted by molar-refractivity contribution is 5.85. The molecule has 0 aromatic rings. The first-order valence-electron chi connectivity index (χ1n) is 9.43. The van der Waals surface area contributed by atoms with Crippen LogP contribution in [-0.2, 0) is 19.1 Å². The number of hydrogen-bond donors (Lipinski definition) is 5. The zero-order valence-corrected chi connectivity index (χ0v) is 18.3. The number of aliphatic imine (C=N–C) groups is 2. The Morgan fingerprint density at radius 3 is 1.58 bits per heavy atom. The molecule has 0 aliphatic rings. The average molecular weight is 450 g/mol. The number of allylic oxidation sites excluding steroid dienone is 1. The lowest BCUT2D eigenvalue weighted by Crippen LogP contribution is -2.15. The molecule has 0 aromatic carbocycles. The van der Waals surface area contributed by atoms with Gasteiger partial charge in [-0.25, -0.2) is 29.2 Å². The number of nitrogens with two attached hydrogens (primary N) is 1. The minimum atomic E-state index is -0.954. The number of aliphatic hydroxyl groups is 3. The molecule has 12 nitrogen and oxygen atoms in total. The largest absolute Gasteiger partial charge is 0.478 e. The van der Waals surface area contributed by atoms with Gasteiger partial charge in [0.25, 0.3) is 0 Å². The van der Waals surface area contributed by atoms with Crippen LogP contribution < -0.4 is 5.73 Å². The first-order chi connectivity index (χ1) is 14.7. The number of unbranched alkanes of at least 4 members (excludes halogenated alkanes) is 3. The molecule has 0 aromatic heterocycles. The molecule has 0 saturated carbocycles. The first kappa shape index (κ1) is 35.6. The van der Waals surface area contributed by atoms with Crippen LogP contribution in [-0.4, -0.2) is 83.7 Å². The van der Waals surface area contributed by atoms with Crippen molar-refractivity contribution in [2.24, 2.45) is 15.7 Å². The third-order valence-electron chi connectivity index (χ3n) is 2.90. The summed E-state index contributed by atoms with van der Waals surface area (Å²) in [6.45, 7) is 5.69. The number of carbonyl (C=O) groups excluding carboxylic acids is 3. The van der Waals surface area contributed by atoms with Crippen LogP contribution in [0.2, 0.25) is 0 Å². The third-order valence-corrected chi connectivity index (χ3v) is 2.90. The predicted octanol–water partition coefficient (Wildman–Crippen LogP) is 0.689. The number of carboxylic acids is 1. The van der Waals surface area contributed by atoms with Gasteiger partial charge in [0, 0.05) is 5.57 Å². The minimum absolute atomic E-state index is 0.356. The van der Waals surface area contributed by atoms with Crippen molar-refractivity contribution in [2.45, 2.75) is 52.6 Å². The number of primary amides is 1. The molecule has 0 rings (SSSR count). The Kier molecular flexibility index (Phi) is 36.5. The number of rotatable bonds is 11. The Morgan fingerprint density at radius 1 is 1.03 bits per heavy atom. The quantitative estimate of drug-likeness (QED) is 0.130. The van der Waals surface area contributed by atoms with Gasteiger partial charge in [-0.1, -0.05) is 18.9 Å². The number of nitrogens with zero attached hydrogens (tertiary/aromatic N) is 2. The van der Waals surface area contributed by atoms with E-state index in [-0.39, 0.29) is 13.2 Å². The molecule has 180 valence electrons. The summed E-state index contributed by atoms with van der Waals surface area (Å²) in [5, 5.41) is 32.1. The molecule has 0 saturated heterocycles. The zero-order valence-electron chi connectivity index (χ0n) is 18.3. The van der Waals surface area contributed by atoms with Gasteiger partial charge in [-0.3, -0.25) is 0 Å². The summed E-state index contributed by atoms with van der Waals surface area (Å²) >= 11 is 0. The summed E-state index contributed by atoms with van der Waals surface area (Å²) in [7, 11) is 0. The highest BCUT2D eigenvalue weighted by Crippen LogP contribution is 1.99. The first-order valence-corrected chi connectivity index (χ1v) is 9.43. The van der Waals surface area contributed by atoms with Crippen LogP contribution in [0.1, 0.15) is 46.5 Å². The van der Waals surface area contributed by atoms with Crippen molar-refractivity contribution in [3.8, 4) is 0 Å². The molecule has 0 aliphatic carbocycles. The standard InChI is InChI=1S/C8H12N2O2.C5H8O2.C3H7NO2.C3H8O3/c11-7-9-5-3-1-2-4-6-10-8-12;1-3-4(2)5(6)7;1-2-6-3(4)5;4-1-3(6)2-5/h1-6H2;3H,1-2H3,(H,6,7);2H2,1H3,(H2,4,5);3-6H,1-2H2.